The lowest BCUT2D eigenvalue weighted by molar-refractivity contribution is -0.137. The van der Waals surface area contributed by atoms with Crippen LogP contribution in [0.5, 0.6) is 0 Å². The molecule has 22 heavy (non-hydrogen) atoms. The third-order valence-electron chi connectivity index (χ3n) is 3.32. The molecule has 0 aliphatic heterocycles. The quantitative estimate of drug-likeness (QED) is 0.658. The van der Waals surface area contributed by atoms with Crippen LogP contribution in [-0.2, 0) is 11.6 Å². The Hall–Kier alpha value is -1.72. The first-order valence-electron chi connectivity index (χ1n) is 7.21. The van der Waals surface area contributed by atoms with Gasteiger partial charge in [-0.15, -0.1) is 0 Å². The molecule has 2 N–H and O–H groups in total. The molecule has 0 atom stereocenters. The first kappa shape index (κ1) is 18.3. The number of rotatable bonds is 4. The van der Waals surface area contributed by atoms with Gasteiger partial charge in [0.25, 0.3) is 0 Å². The molecule has 0 spiro atoms. The monoisotopic (exact) mass is 315 g/mol. The molecule has 0 unspecified atom stereocenters. The zero-order valence-corrected chi connectivity index (χ0v) is 13.7. The summed E-state index contributed by atoms with van der Waals surface area (Å²) in [6.07, 6.45) is -4.32. The largest absolute Gasteiger partial charge is 0.416 e. The van der Waals surface area contributed by atoms with Gasteiger partial charge in [0, 0.05) is 25.0 Å². The topological polar surface area (TPSA) is 36.4 Å². The third kappa shape index (κ3) is 5.24. The summed E-state index contributed by atoms with van der Waals surface area (Å²) in [5.74, 6) is 0.634. The molecular weight excluding hydrogens is 291 g/mol. The van der Waals surface area contributed by atoms with Gasteiger partial charge < -0.3 is 10.6 Å². The van der Waals surface area contributed by atoms with Crippen LogP contribution in [0, 0.1) is 0 Å². The van der Waals surface area contributed by atoms with Crippen LogP contribution in [-0.4, -0.2) is 25.6 Å². The summed E-state index contributed by atoms with van der Waals surface area (Å²) in [6, 6.07) is 5.69. The molecule has 0 saturated heterocycles. The number of hydrogen-bond acceptors (Lipinski definition) is 1. The normalized spacial score (nSPS) is 13.4. The first-order valence-corrected chi connectivity index (χ1v) is 7.21. The summed E-state index contributed by atoms with van der Waals surface area (Å²) >= 11 is 0. The van der Waals surface area contributed by atoms with Crippen molar-refractivity contribution >= 4 is 5.96 Å². The minimum Gasteiger partial charge on any atom is -0.356 e. The number of benzene rings is 1. The minimum absolute atomic E-state index is 0.225. The van der Waals surface area contributed by atoms with E-state index in [2.05, 4.69) is 15.6 Å². The lowest BCUT2D eigenvalue weighted by Gasteiger charge is -2.28. The van der Waals surface area contributed by atoms with Gasteiger partial charge in [-0.05, 0) is 25.5 Å². The van der Waals surface area contributed by atoms with Crippen molar-refractivity contribution in [2.75, 3.05) is 13.6 Å². The summed E-state index contributed by atoms with van der Waals surface area (Å²) in [5.41, 5.74) is -0.451. The van der Waals surface area contributed by atoms with E-state index in [4.69, 9.17) is 0 Å². The number of guanidine groups is 1. The maximum absolute atomic E-state index is 12.8. The van der Waals surface area contributed by atoms with E-state index in [0.717, 1.165) is 6.07 Å². The second kappa shape index (κ2) is 7.03. The molecule has 0 aliphatic rings. The molecular formula is C16H24F3N3. The Morgan fingerprint density at radius 3 is 2.27 bits per heavy atom. The van der Waals surface area contributed by atoms with Gasteiger partial charge in [-0.1, -0.05) is 32.0 Å². The highest BCUT2D eigenvalue weighted by Crippen LogP contribution is 2.32. The predicted molar refractivity (Wildman–Crippen MR) is 84.1 cm³/mol. The molecule has 1 aromatic carbocycles. The molecule has 124 valence electrons. The van der Waals surface area contributed by atoms with Crippen molar-refractivity contribution in [2.24, 2.45) is 4.99 Å². The zero-order chi connectivity index (χ0) is 17.0. The molecule has 0 fully saturated rings. The summed E-state index contributed by atoms with van der Waals surface area (Å²) in [5, 5.41) is 6.30. The summed E-state index contributed by atoms with van der Waals surface area (Å²) in [7, 11) is 1.66. The molecule has 1 rings (SSSR count). The van der Waals surface area contributed by atoms with Gasteiger partial charge in [0.15, 0.2) is 5.96 Å². The van der Waals surface area contributed by atoms with Crippen molar-refractivity contribution < 1.29 is 13.2 Å². The molecule has 0 heterocycles. The van der Waals surface area contributed by atoms with Crippen LogP contribution < -0.4 is 10.6 Å². The summed E-state index contributed by atoms with van der Waals surface area (Å²) in [4.78, 5) is 4.10. The van der Waals surface area contributed by atoms with Crippen molar-refractivity contribution in [3.05, 3.63) is 35.4 Å². The summed E-state index contributed by atoms with van der Waals surface area (Å²) < 4.78 is 38.5. The number of nitrogens with one attached hydrogen (secondary N) is 2. The Bertz CT molecular complexity index is 520. The SMILES string of the molecule is CN=C(NCC(C)(C)c1cccc(C(F)(F)F)c1)NC(C)C. The van der Waals surface area contributed by atoms with Crippen molar-refractivity contribution in [3.8, 4) is 0 Å². The lowest BCUT2D eigenvalue weighted by atomic mass is 9.84. The van der Waals surface area contributed by atoms with Gasteiger partial charge >= 0.3 is 6.18 Å². The maximum atomic E-state index is 12.8. The zero-order valence-electron chi connectivity index (χ0n) is 13.7. The smallest absolute Gasteiger partial charge is 0.356 e. The van der Waals surface area contributed by atoms with Gasteiger partial charge in [0.05, 0.1) is 5.56 Å². The van der Waals surface area contributed by atoms with Crippen molar-refractivity contribution in [2.45, 2.75) is 45.3 Å². The van der Waals surface area contributed by atoms with E-state index in [0.29, 0.717) is 18.1 Å². The van der Waals surface area contributed by atoms with Crippen LogP contribution in [0.2, 0.25) is 0 Å². The Labute approximate surface area is 130 Å². The van der Waals surface area contributed by atoms with Gasteiger partial charge in [0.2, 0.25) is 0 Å². The predicted octanol–water partition coefficient (Wildman–Crippen LogP) is 3.56. The minimum atomic E-state index is -4.32. The van der Waals surface area contributed by atoms with Crippen molar-refractivity contribution in [1.29, 1.82) is 0 Å². The van der Waals surface area contributed by atoms with Crippen LogP contribution in [0.25, 0.3) is 0 Å². The van der Waals surface area contributed by atoms with Gasteiger partial charge in [-0.3, -0.25) is 4.99 Å². The average molecular weight is 315 g/mol. The fourth-order valence-electron chi connectivity index (χ4n) is 1.99. The van der Waals surface area contributed by atoms with Crippen LogP contribution in [0.1, 0.15) is 38.8 Å². The molecule has 1 aromatic rings. The van der Waals surface area contributed by atoms with E-state index < -0.39 is 17.2 Å². The van der Waals surface area contributed by atoms with E-state index in [9.17, 15) is 13.2 Å². The molecule has 0 radical (unpaired) electrons. The highest BCUT2D eigenvalue weighted by Gasteiger charge is 2.32. The van der Waals surface area contributed by atoms with Crippen LogP contribution >= 0.6 is 0 Å². The Kier molecular flexibility index (Phi) is 5.85. The molecule has 0 bridgehead atoms. The molecule has 3 nitrogen and oxygen atoms in total. The van der Waals surface area contributed by atoms with E-state index >= 15 is 0 Å². The first-order chi connectivity index (χ1) is 10.1. The maximum Gasteiger partial charge on any atom is 0.416 e. The standard InChI is InChI=1S/C16H24F3N3/c1-11(2)22-14(20-5)21-10-15(3,4)12-7-6-8-13(9-12)16(17,18)19/h6-9,11H,10H2,1-5H3,(H2,20,21,22). The van der Waals surface area contributed by atoms with Crippen LogP contribution in [0.15, 0.2) is 29.3 Å². The van der Waals surface area contributed by atoms with E-state index in [1.807, 2.05) is 27.7 Å². The molecule has 0 saturated carbocycles. The number of aliphatic imine (C=N–C) groups is 1. The highest BCUT2D eigenvalue weighted by atomic mass is 19.4. The molecule has 6 heteroatoms. The highest BCUT2D eigenvalue weighted by molar-refractivity contribution is 5.80. The van der Waals surface area contributed by atoms with Crippen molar-refractivity contribution in [1.82, 2.24) is 10.6 Å². The Morgan fingerprint density at radius 1 is 1.18 bits per heavy atom. The van der Waals surface area contributed by atoms with Gasteiger partial charge in [-0.25, -0.2) is 0 Å². The van der Waals surface area contributed by atoms with E-state index in [1.165, 1.54) is 12.1 Å². The van der Waals surface area contributed by atoms with Gasteiger partial charge in [-0.2, -0.15) is 13.2 Å². The third-order valence-corrected chi connectivity index (χ3v) is 3.32. The molecule has 0 aromatic heterocycles. The number of nitrogens with zero attached hydrogens (tertiary/aromatic N) is 1. The number of hydrogen-bond donors (Lipinski definition) is 2. The Balaban J connectivity index is 2.86. The summed E-state index contributed by atoms with van der Waals surface area (Å²) in [6.45, 7) is 8.26. The van der Waals surface area contributed by atoms with Crippen LogP contribution in [0.4, 0.5) is 13.2 Å². The number of alkyl halides is 3. The molecule has 0 amide bonds. The second-order valence-corrected chi connectivity index (χ2v) is 6.19. The lowest BCUT2D eigenvalue weighted by Crippen LogP contribution is -2.45. The fourth-order valence-corrected chi connectivity index (χ4v) is 1.99. The van der Waals surface area contributed by atoms with Crippen molar-refractivity contribution in [3.63, 3.8) is 0 Å². The van der Waals surface area contributed by atoms with E-state index in [1.54, 1.807) is 13.1 Å². The molecule has 0 aliphatic carbocycles. The number of halogens is 3. The van der Waals surface area contributed by atoms with Crippen LogP contribution in [0.3, 0.4) is 0 Å². The fraction of sp³-hybridized carbons (Fsp3) is 0.562. The average Bonchev–Trinajstić information content (AvgIpc) is 2.42. The Morgan fingerprint density at radius 2 is 1.77 bits per heavy atom. The van der Waals surface area contributed by atoms with Gasteiger partial charge in [0.1, 0.15) is 0 Å². The second-order valence-electron chi connectivity index (χ2n) is 6.19. The van der Waals surface area contributed by atoms with E-state index in [-0.39, 0.29) is 6.04 Å².